The van der Waals surface area contributed by atoms with Crippen LogP contribution in [0.2, 0.25) is 0 Å². The van der Waals surface area contributed by atoms with Crippen molar-refractivity contribution >= 4 is 5.91 Å². The van der Waals surface area contributed by atoms with E-state index in [1.165, 1.54) is 0 Å². The first kappa shape index (κ1) is 12.9. The lowest BCUT2D eigenvalue weighted by Gasteiger charge is -2.20. The Morgan fingerprint density at radius 1 is 1.30 bits per heavy atom. The summed E-state index contributed by atoms with van der Waals surface area (Å²) in [7, 11) is 1.91. The molecule has 4 heteroatoms. The Hall–Kier alpha value is -2.07. The van der Waals surface area contributed by atoms with Gasteiger partial charge in [-0.15, -0.1) is 0 Å². The minimum Gasteiger partial charge on any atom is -0.469 e. The van der Waals surface area contributed by atoms with Crippen molar-refractivity contribution < 1.29 is 9.21 Å². The maximum absolute atomic E-state index is 11.9. The normalized spacial score (nSPS) is 15.6. The zero-order valence-electron chi connectivity index (χ0n) is 11.7. The monoisotopic (exact) mass is 270 g/mol. The van der Waals surface area contributed by atoms with E-state index < -0.39 is 0 Å². The molecule has 0 aliphatic carbocycles. The van der Waals surface area contributed by atoms with Crippen molar-refractivity contribution in [2.45, 2.75) is 19.4 Å². The number of aryl methyl sites for hydroxylation is 1. The second-order valence-corrected chi connectivity index (χ2v) is 5.13. The molecular formula is C16H18N2O2. The van der Waals surface area contributed by atoms with E-state index in [2.05, 4.69) is 22.8 Å². The van der Waals surface area contributed by atoms with Gasteiger partial charge in [0.2, 0.25) is 0 Å². The number of amides is 1. The van der Waals surface area contributed by atoms with Gasteiger partial charge in [-0.05, 0) is 43.7 Å². The Labute approximate surface area is 118 Å². The molecule has 1 atom stereocenters. The molecule has 0 spiro atoms. The van der Waals surface area contributed by atoms with Crippen LogP contribution in [0, 0.1) is 6.92 Å². The molecule has 2 aromatic rings. The highest BCUT2D eigenvalue weighted by Gasteiger charge is 2.20. The largest absolute Gasteiger partial charge is 0.469 e. The second-order valence-electron chi connectivity index (χ2n) is 5.13. The highest BCUT2D eigenvalue weighted by Crippen LogP contribution is 2.26. The van der Waals surface area contributed by atoms with Crippen molar-refractivity contribution in [2.75, 3.05) is 13.6 Å². The topological polar surface area (TPSA) is 54.3 Å². The average molecular weight is 270 g/mol. The molecule has 3 rings (SSSR count). The highest BCUT2D eigenvalue weighted by molar-refractivity contribution is 5.96. The fourth-order valence-electron chi connectivity index (χ4n) is 2.75. The third kappa shape index (κ3) is 2.23. The molecule has 0 saturated heterocycles. The van der Waals surface area contributed by atoms with Gasteiger partial charge in [-0.1, -0.05) is 12.1 Å². The number of furan rings is 1. The molecule has 1 amide bonds. The third-order valence-electron chi connectivity index (χ3n) is 3.76. The Kier molecular flexibility index (Phi) is 3.32. The van der Waals surface area contributed by atoms with E-state index in [0.29, 0.717) is 0 Å². The van der Waals surface area contributed by atoms with Crippen molar-refractivity contribution in [3.05, 3.63) is 58.5 Å². The van der Waals surface area contributed by atoms with E-state index in [9.17, 15) is 4.79 Å². The average Bonchev–Trinajstić information content (AvgIpc) is 2.87. The van der Waals surface area contributed by atoms with E-state index in [0.717, 1.165) is 41.0 Å². The first-order valence-electron chi connectivity index (χ1n) is 6.82. The molecule has 0 radical (unpaired) electrons. The van der Waals surface area contributed by atoms with Crippen LogP contribution in [0.25, 0.3) is 0 Å². The molecule has 1 unspecified atom stereocenters. The van der Waals surface area contributed by atoms with Crippen LogP contribution in [0.3, 0.4) is 0 Å². The summed E-state index contributed by atoms with van der Waals surface area (Å²) in [6.07, 6.45) is 2.66. The van der Waals surface area contributed by atoms with E-state index in [1.807, 2.05) is 26.1 Å². The van der Waals surface area contributed by atoms with Gasteiger partial charge >= 0.3 is 0 Å². The summed E-state index contributed by atoms with van der Waals surface area (Å²) in [6.45, 7) is 2.65. The van der Waals surface area contributed by atoms with Gasteiger partial charge in [0.15, 0.2) is 0 Å². The van der Waals surface area contributed by atoms with Crippen molar-refractivity contribution in [2.24, 2.45) is 0 Å². The SMILES string of the molecule is CNC(c1coc(C)c1)c1ccc2c(c1)C(=O)NCC2. The maximum atomic E-state index is 11.9. The van der Waals surface area contributed by atoms with Gasteiger partial charge in [0.1, 0.15) is 5.76 Å². The van der Waals surface area contributed by atoms with E-state index in [1.54, 1.807) is 6.26 Å². The molecule has 1 aliphatic rings. The zero-order chi connectivity index (χ0) is 14.1. The molecule has 0 fully saturated rings. The smallest absolute Gasteiger partial charge is 0.251 e. The Morgan fingerprint density at radius 2 is 2.15 bits per heavy atom. The summed E-state index contributed by atoms with van der Waals surface area (Å²) < 4.78 is 5.38. The molecular weight excluding hydrogens is 252 g/mol. The maximum Gasteiger partial charge on any atom is 0.251 e. The van der Waals surface area contributed by atoms with Gasteiger partial charge in [0.05, 0.1) is 12.3 Å². The molecule has 0 saturated carbocycles. The quantitative estimate of drug-likeness (QED) is 0.899. The van der Waals surface area contributed by atoms with Gasteiger partial charge in [-0.25, -0.2) is 0 Å². The third-order valence-corrected chi connectivity index (χ3v) is 3.76. The van der Waals surface area contributed by atoms with Gasteiger partial charge in [-0.3, -0.25) is 4.79 Å². The van der Waals surface area contributed by atoms with Crippen molar-refractivity contribution in [1.29, 1.82) is 0 Å². The van der Waals surface area contributed by atoms with E-state index >= 15 is 0 Å². The summed E-state index contributed by atoms with van der Waals surface area (Å²) in [5, 5.41) is 6.17. The fraction of sp³-hybridized carbons (Fsp3) is 0.312. The minimum absolute atomic E-state index is 0.0197. The number of benzene rings is 1. The predicted octanol–water partition coefficient (Wildman–Crippen LogP) is 2.18. The predicted molar refractivity (Wildman–Crippen MR) is 76.8 cm³/mol. The van der Waals surface area contributed by atoms with Crippen molar-refractivity contribution in [3.63, 3.8) is 0 Å². The van der Waals surface area contributed by atoms with Crippen molar-refractivity contribution in [3.8, 4) is 0 Å². The second kappa shape index (κ2) is 5.13. The van der Waals surface area contributed by atoms with Crippen molar-refractivity contribution in [1.82, 2.24) is 10.6 Å². The van der Waals surface area contributed by atoms with Crippen LogP contribution < -0.4 is 10.6 Å². The first-order valence-corrected chi connectivity index (χ1v) is 6.82. The molecule has 2 N–H and O–H groups in total. The number of rotatable bonds is 3. The summed E-state index contributed by atoms with van der Waals surface area (Å²) in [6, 6.07) is 8.17. The summed E-state index contributed by atoms with van der Waals surface area (Å²) in [4.78, 5) is 11.9. The standard InChI is InChI=1S/C16H18N2O2/c1-10-7-13(9-20-10)15(17-2)12-4-3-11-5-6-18-16(19)14(11)8-12/h3-4,7-9,15,17H,5-6H2,1-2H3,(H,18,19). The Morgan fingerprint density at radius 3 is 2.85 bits per heavy atom. The summed E-state index contributed by atoms with van der Waals surface area (Å²) in [5.41, 5.74) is 4.05. The number of hydrogen-bond donors (Lipinski definition) is 2. The zero-order valence-corrected chi connectivity index (χ0v) is 11.7. The van der Waals surface area contributed by atoms with Gasteiger partial charge in [0.25, 0.3) is 5.91 Å². The lowest BCUT2D eigenvalue weighted by molar-refractivity contribution is 0.0946. The van der Waals surface area contributed by atoms with Gasteiger partial charge < -0.3 is 15.1 Å². The van der Waals surface area contributed by atoms with E-state index in [-0.39, 0.29) is 11.9 Å². The first-order chi connectivity index (χ1) is 9.69. The molecule has 104 valence electrons. The number of carbonyl (C=O) groups is 1. The van der Waals surface area contributed by atoms with Gasteiger partial charge in [-0.2, -0.15) is 0 Å². The number of nitrogens with one attached hydrogen (secondary N) is 2. The number of hydrogen-bond acceptors (Lipinski definition) is 3. The van der Waals surface area contributed by atoms with Crippen LogP contribution in [-0.4, -0.2) is 19.5 Å². The number of fused-ring (bicyclic) bond motifs is 1. The van der Waals surface area contributed by atoms with Crippen LogP contribution in [0.5, 0.6) is 0 Å². The highest BCUT2D eigenvalue weighted by atomic mass is 16.3. The molecule has 2 heterocycles. The van der Waals surface area contributed by atoms with Crippen LogP contribution in [0.15, 0.2) is 34.9 Å². The van der Waals surface area contributed by atoms with E-state index in [4.69, 9.17) is 4.42 Å². The number of carbonyl (C=O) groups excluding carboxylic acids is 1. The molecule has 1 aliphatic heterocycles. The molecule has 1 aromatic heterocycles. The lowest BCUT2D eigenvalue weighted by atomic mass is 9.93. The molecule has 0 bridgehead atoms. The molecule has 20 heavy (non-hydrogen) atoms. The summed E-state index contributed by atoms with van der Waals surface area (Å²) >= 11 is 0. The minimum atomic E-state index is 0.0197. The summed E-state index contributed by atoms with van der Waals surface area (Å²) in [5.74, 6) is 0.905. The Bertz CT molecular complexity index is 646. The Balaban J connectivity index is 2.00. The molecule has 1 aromatic carbocycles. The van der Waals surface area contributed by atoms with Crippen LogP contribution in [0.4, 0.5) is 0 Å². The van der Waals surface area contributed by atoms with Crippen LogP contribution in [0.1, 0.15) is 38.9 Å². The fourth-order valence-corrected chi connectivity index (χ4v) is 2.75. The van der Waals surface area contributed by atoms with Crippen LogP contribution in [-0.2, 0) is 6.42 Å². The molecule has 4 nitrogen and oxygen atoms in total. The lowest BCUT2D eigenvalue weighted by Crippen LogP contribution is -2.32. The van der Waals surface area contributed by atoms with Crippen LogP contribution >= 0.6 is 0 Å². The van der Waals surface area contributed by atoms with Gasteiger partial charge in [0, 0.05) is 17.7 Å².